The summed E-state index contributed by atoms with van der Waals surface area (Å²) in [4.78, 5) is 9.32. The average Bonchev–Trinajstić information content (AvgIpc) is 3.85. The second kappa shape index (κ2) is 16.5. The van der Waals surface area contributed by atoms with Gasteiger partial charge >= 0.3 is 0 Å². The molecule has 0 atom stereocenters. The minimum absolute atomic E-state index is 0. The summed E-state index contributed by atoms with van der Waals surface area (Å²) >= 11 is 1.59. The summed E-state index contributed by atoms with van der Waals surface area (Å²) in [7, 11) is 0. The van der Waals surface area contributed by atoms with Crippen molar-refractivity contribution in [2.75, 3.05) is 0 Å². The quantitative estimate of drug-likeness (QED) is 0.156. The summed E-state index contributed by atoms with van der Waals surface area (Å²) in [6.07, 6.45) is 1.30. The SMILES string of the molecule is [2H]C(C)(C)c1ccc2c(-c3nc4ccccc4n3-c3c(-c4ccccc4)cc(C)cc3-c3ccccc3)[c-]sc2c1.[2H]C([2H])([2H])c1c[c-]c(-c2ccc(C([2H])([2H])[2H])cn2)cc1.[Ir]. The minimum atomic E-state index is -2.18. The van der Waals surface area contributed by atoms with Gasteiger partial charge in [-0.05, 0) is 71.9 Å². The second-order valence-electron chi connectivity index (χ2n) is 13.4. The Morgan fingerprint density at radius 3 is 2.02 bits per heavy atom. The Hall–Kier alpha value is -5.45. The summed E-state index contributed by atoms with van der Waals surface area (Å²) in [5.41, 5.74) is 12.5. The smallest absolute Gasteiger partial charge is 0.0774 e. The van der Waals surface area contributed by atoms with E-state index in [1.54, 1.807) is 23.5 Å². The first-order valence-electron chi connectivity index (χ1n) is 21.2. The molecule has 9 aromatic rings. The Balaban J connectivity index is 0.000000233. The van der Waals surface area contributed by atoms with E-state index in [0.29, 0.717) is 11.3 Å². The van der Waals surface area contributed by atoms with Crippen molar-refractivity contribution in [3.63, 3.8) is 0 Å². The Bertz CT molecular complexity index is 2850. The number of aryl methyl sites for hydroxylation is 3. The third-order valence-electron chi connectivity index (χ3n) is 9.38. The van der Waals surface area contributed by atoms with Crippen LogP contribution >= 0.6 is 11.3 Å². The van der Waals surface area contributed by atoms with Crippen LogP contribution in [0, 0.1) is 32.1 Å². The van der Waals surface area contributed by atoms with E-state index < -0.39 is 19.6 Å². The number of nitrogens with zero attached hydrogens (tertiary/aromatic N) is 3. The van der Waals surface area contributed by atoms with E-state index in [0.717, 1.165) is 66.0 Å². The monoisotopic (exact) mass is 915 g/mol. The summed E-state index contributed by atoms with van der Waals surface area (Å²) < 4.78 is 55.6. The summed E-state index contributed by atoms with van der Waals surface area (Å²) in [6, 6.07) is 51.0. The molecule has 5 heteroatoms. The largest absolute Gasteiger partial charge is 0.332 e. The van der Waals surface area contributed by atoms with E-state index in [1.807, 2.05) is 19.9 Å². The molecule has 1 radical (unpaired) electrons. The Kier molecular flexibility index (Phi) is 8.96. The molecule has 55 heavy (non-hydrogen) atoms. The van der Waals surface area contributed by atoms with Gasteiger partial charge in [-0.1, -0.05) is 139 Å². The van der Waals surface area contributed by atoms with E-state index in [2.05, 4.69) is 137 Å². The molecule has 6 aromatic carbocycles. The molecule has 273 valence electrons. The van der Waals surface area contributed by atoms with Crippen molar-refractivity contribution in [1.29, 1.82) is 0 Å². The molecule has 0 aliphatic heterocycles. The molecule has 0 fully saturated rings. The molecule has 0 saturated heterocycles. The first-order valence-corrected chi connectivity index (χ1v) is 18.6. The number of thiophene rings is 1. The van der Waals surface area contributed by atoms with Crippen LogP contribution < -0.4 is 0 Å². The predicted octanol–water partition coefficient (Wildman–Crippen LogP) is 13.6. The maximum atomic E-state index is 8.54. The van der Waals surface area contributed by atoms with Crippen molar-refractivity contribution >= 4 is 32.5 Å². The molecule has 3 heterocycles. The fourth-order valence-electron chi connectivity index (χ4n) is 6.70. The van der Waals surface area contributed by atoms with Crippen LogP contribution in [0.3, 0.4) is 0 Å². The fraction of sp³-hybridized carbons (Fsp3) is 0.120. The molecule has 0 amide bonds. The van der Waals surface area contributed by atoms with Gasteiger partial charge in [0.1, 0.15) is 0 Å². The fourth-order valence-corrected chi connectivity index (χ4v) is 7.58. The van der Waals surface area contributed by atoms with Crippen molar-refractivity contribution in [1.82, 2.24) is 14.5 Å². The first kappa shape index (κ1) is 29.9. The van der Waals surface area contributed by atoms with Crippen LogP contribution in [0.4, 0.5) is 0 Å². The van der Waals surface area contributed by atoms with E-state index in [-0.39, 0.29) is 31.2 Å². The Morgan fingerprint density at radius 1 is 0.727 bits per heavy atom. The van der Waals surface area contributed by atoms with Crippen LogP contribution in [0.15, 0.2) is 152 Å². The molecular weight excluding hydrogens is 867 g/mol. The Morgan fingerprint density at radius 2 is 1.40 bits per heavy atom. The maximum absolute atomic E-state index is 8.54. The molecule has 0 N–H and O–H groups in total. The van der Waals surface area contributed by atoms with Crippen molar-refractivity contribution in [3.8, 4) is 50.6 Å². The number of para-hydroxylation sites is 2. The standard InChI is InChI=1S/C37H29N2S.C13H12N.Ir/c1-24(2)28-18-19-29-32(23-40-35(29)22-28)37-38-33-16-10-11-17-34(33)39(37)36-30(26-12-6-4-7-13-26)20-25(3)21-31(36)27-14-8-5-9-15-27;1-10-3-6-12(7-4-10)13-8-5-11(2)9-14-13;/h4-22,24H,1-3H3;3-6,8-9H,1-2H3;/q2*-1;/i24D;1D3,2D3;. The molecule has 0 aliphatic rings. The second-order valence-corrected chi connectivity index (χ2v) is 14.3. The molecule has 0 spiro atoms. The first-order chi connectivity index (χ1) is 29.1. The van der Waals surface area contributed by atoms with E-state index in [4.69, 9.17) is 14.6 Å². The number of rotatable bonds is 6. The molecule has 3 nitrogen and oxygen atoms in total. The number of pyridine rings is 1. The van der Waals surface area contributed by atoms with Gasteiger partial charge in [-0.2, -0.15) is 0 Å². The third kappa shape index (κ3) is 7.88. The van der Waals surface area contributed by atoms with Gasteiger partial charge in [-0.25, -0.2) is 0 Å². The minimum Gasteiger partial charge on any atom is -0.332 e. The van der Waals surface area contributed by atoms with Gasteiger partial charge in [-0.3, -0.25) is 16.3 Å². The zero-order valence-corrected chi connectivity index (χ0v) is 33.7. The number of hydrogen-bond acceptors (Lipinski definition) is 3. The van der Waals surface area contributed by atoms with Crippen LogP contribution in [0.25, 0.3) is 71.7 Å². The molecule has 0 unspecified atom stereocenters. The van der Waals surface area contributed by atoms with Crippen molar-refractivity contribution in [2.24, 2.45) is 0 Å². The van der Waals surface area contributed by atoms with Gasteiger partial charge in [0, 0.05) is 47.0 Å². The number of fused-ring (bicyclic) bond motifs is 2. The zero-order valence-electron chi connectivity index (χ0n) is 37.5. The van der Waals surface area contributed by atoms with E-state index in [1.165, 1.54) is 30.0 Å². The van der Waals surface area contributed by atoms with Gasteiger partial charge < -0.3 is 9.55 Å². The molecule has 9 rings (SSSR count). The van der Waals surface area contributed by atoms with Gasteiger partial charge in [-0.15, -0.1) is 46.8 Å². The van der Waals surface area contributed by atoms with Crippen molar-refractivity contribution in [2.45, 2.75) is 40.4 Å². The average molecular weight is 915 g/mol. The predicted molar refractivity (Wildman–Crippen MR) is 228 cm³/mol. The molecule has 3 aromatic heterocycles. The van der Waals surface area contributed by atoms with Crippen molar-refractivity contribution < 1.29 is 29.7 Å². The summed E-state index contributed by atoms with van der Waals surface area (Å²) in [5.74, 6) is 0.205. The van der Waals surface area contributed by atoms with Gasteiger partial charge in [0.15, 0.2) is 0 Å². The van der Waals surface area contributed by atoms with E-state index in [9.17, 15) is 0 Å². The summed E-state index contributed by atoms with van der Waals surface area (Å²) in [5, 5.41) is 4.71. The molecule has 0 saturated carbocycles. The third-order valence-corrected chi connectivity index (χ3v) is 10.2. The number of benzene rings is 6. The van der Waals surface area contributed by atoms with E-state index >= 15 is 0 Å². The van der Waals surface area contributed by atoms with Gasteiger partial charge in [0.2, 0.25) is 0 Å². The van der Waals surface area contributed by atoms with Crippen LogP contribution in [0.2, 0.25) is 0 Å². The van der Waals surface area contributed by atoms with Crippen LogP contribution in [0.5, 0.6) is 0 Å². The Labute approximate surface area is 351 Å². The summed E-state index contributed by atoms with van der Waals surface area (Å²) in [6.45, 7) is 1.69. The topological polar surface area (TPSA) is 30.7 Å². The molecule has 0 bridgehead atoms. The molecule has 0 aliphatic carbocycles. The number of hydrogen-bond donors (Lipinski definition) is 0. The normalized spacial score (nSPS) is 13.5. The van der Waals surface area contributed by atoms with Gasteiger partial charge in [0.25, 0.3) is 0 Å². The molecular formula is C50H41IrN3S-2. The van der Waals surface area contributed by atoms with Crippen LogP contribution in [-0.2, 0) is 20.1 Å². The number of aromatic nitrogens is 3. The number of imidazole rings is 1. The van der Waals surface area contributed by atoms with Crippen LogP contribution in [-0.4, -0.2) is 14.5 Å². The zero-order chi connectivity index (χ0) is 43.1. The van der Waals surface area contributed by atoms with Crippen molar-refractivity contribution in [3.05, 3.63) is 185 Å². The maximum Gasteiger partial charge on any atom is 0.0774 e. The van der Waals surface area contributed by atoms with Gasteiger partial charge in [0.05, 0.1) is 22.5 Å². The van der Waals surface area contributed by atoms with Crippen LogP contribution in [0.1, 0.15) is 51.6 Å².